The van der Waals surface area contributed by atoms with Gasteiger partial charge in [0.05, 0.1) is 6.54 Å². The van der Waals surface area contributed by atoms with Crippen LogP contribution in [0.4, 0.5) is 0 Å². The molecule has 1 fully saturated rings. The van der Waals surface area contributed by atoms with E-state index >= 15 is 0 Å². The number of amides is 3. The number of hydrogen-bond donors (Lipinski definition) is 2. The summed E-state index contributed by atoms with van der Waals surface area (Å²) < 4.78 is 0. The van der Waals surface area contributed by atoms with Gasteiger partial charge in [-0.2, -0.15) is 0 Å². The molecule has 6 nitrogen and oxygen atoms in total. The maximum absolute atomic E-state index is 12.1. The lowest BCUT2D eigenvalue weighted by atomic mass is 9.87. The van der Waals surface area contributed by atoms with Gasteiger partial charge in [-0.25, -0.2) is 0 Å². The predicted octanol–water partition coefficient (Wildman–Crippen LogP) is 1.84. The van der Waals surface area contributed by atoms with Gasteiger partial charge in [0.1, 0.15) is 0 Å². The minimum absolute atomic E-state index is 0.0292. The highest BCUT2D eigenvalue weighted by Crippen LogP contribution is 2.22. The summed E-state index contributed by atoms with van der Waals surface area (Å²) in [5.41, 5.74) is 1.70. The summed E-state index contributed by atoms with van der Waals surface area (Å²) in [6.07, 6.45) is 2.41. The maximum atomic E-state index is 12.1. The third-order valence-electron chi connectivity index (χ3n) is 4.54. The Morgan fingerprint density at radius 1 is 1.00 bits per heavy atom. The Hall–Kier alpha value is -2.37. The van der Waals surface area contributed by atoms with Crippen molar-refractivity contribution in [2.24, 2.45) is 0 Å². The summed E-state index contributed by atoms with van der Waals surface area (Å²) in [7, 11) is 0. The fourth-order valence-corrected chi connectivity index (χ4v) is 2.88. The fourth-order valence-electron chi connectivity index (χ4n) is 2.88. The summed E-state index contributed by atoms with van der Waals surface area (Å²) in [5, 5.41) is 5.28. The van der Waals surface area contributed by atoms with Gasteiger partial charge in [-0.15, -0.1) is 0 Å². The van der Waals surface area contributed by atoms with Gasteiger partial charge in [-0.1, -0.05) is 32.9 Å². The van der Waals surface area contributed by atoms with Crippen molar-refractivity contribution >= 4 is 17.7 Å². The van der Waals surface area contributed by atoms with Gasteiger partial charge in [-0.3, -0.25) is 14.4 Å². The first kappa shape index (κ1) is 19.9. The molecule has 1 aliphatic heterocycles. The van der Waals surface area contributed by atoms with Crippen LogP contribution in [0.15, 0.2) is 24.3 Å². The zero-order chi connectivity index (χ0) is 19.2. The number of nitrogens with zero attached hydrogens (tertiary/aromatic N) is 1. The van der Waals surface area contributed by atoms with Gasteiger partial charge in [0, 0.05) is 31.6 Å². The molecule has 1 aromatic carbocycles. The molecule has 2 rings (SSSR count). The van der Waals surface area contributed by atoms with Crippen molar-refractivity contribution < 1.29 is 14.4 Å². The van der Waals surface area contributed by atoms with Crippen LogP contribution < -0.4 is 10.6 Å². The van der Waals surface area contributed by atoms with Gasteiger partial charge < -0.3 is 15.5 Å². The van der Waals surface area contributed by atoms with Crippen molar-refractivity contribution in [2.45, 2.75) is 45.4 Å². The Balaban J connectivity index is 1.69. The Kier molecular flexibility index (Phi) is 6.77. The molecular weight excluding hydrogens is 330 g/mol. The van der Waals surface area contributed by atoms with Gasteiger partial charge in [0.2, 0.25) is 11.8 Å². The van der Waals surface area contributed by atoms with E-state index < -0.39 is 0 Å². The van der Waals surface area contributed by atoms with Gasteiger partial charge >= 0.3 is 0 Å². The lowest BCUT2D eigenvalue weighted by molar-refractivity contribution is -0.130. The number of nitrogens with one attached hydrogen (secondary N) is 2. The zero-order valence-corrected chi connectivity index (χ0v) is 15.9. The minimum atomic E-state index is -0.293. The number of hydrogen-bond acceptors (Lipinski definition) is 3. The fraction of sp³-hybridized carbons (Fsp3) is 0.550. The molecule has 0 unspecified atom stereocenters. The quantitative estimate of drug-likeness (QED) is 0.813. The van der Waals surface area contributed by atoms with E-state index in [1.807, 2.05) is 17.0 Å². The molecule has 6 heteroatoms. The molecule has 0 aliphatic carbocycles. The molecule has 2 N–H and O–H groups in total. The van der Waals surface area contributed by atoms with Gasteiger partial charge in [0.15, 0.2) is 0 Å². The number of benzene rings is 1. The first-order chi connectivity index (χ1) is 12.3. The second-order valence-corrected chi connectivity index (χ2v) is 7.70. The molecule has 1 aromatic rings. The van der Waals surface area contributed by atoms with E-state index in [1.165, 1.54) is 0 Å². The highest BCUT2D eigenvalue weighted by Gasteiger charge is 2.18. The molecule has 1 saturated heterocycles. The third-order valence-corrected chi connectivity index (χ3v) is 4.54. The normalized spacial score (nSPS) is 14.2. The zero-order valence-electron chi connectivity index (χ0n) is 15.9. The van der Waals surface area contributed by atoms with E-state index in [9.17, 15) is 14.4 Å². The van der Waals surface area contributed by atoms with E-state index in [2.05, 4.69) is 31.4 Å². The second kappa shape index (κ2) is 8.83. The summed E-state index contributed by atoms with van der Waals surface area (Å²) in [6.45, 7) is 8.17. The van der Waals surface area contributed by atoms with Crippen LogP contribution in [0, 0.1) is 0 Å². The molecular formula is C20H29N3O3. The third kappa shape index (κ3) is 5.86. The maximum Gasteiger partial charge on any atom is 0.251 e. The first-order valence-electron chi connectivity index (χ1n) is 9.20. The average molecular weight is 359 g/mol. The molecule has 1 aliphatic rings. The second-order valence-electron chi connectivity index (χ2n) is 7.70. The van der Waals surface area contributed by atoms with Crippen molar-refractivity contribution in [3.05, 3.63) is 35.4 Å². The van der Waals surface area contributed by atoms with E-state index in [1.54, 1.807) is 12.1 Å². The topological polar surface area (TPSA) is 78.5 Å². The van der Waals surface area contributed by atoms with E-state index in [0.717, 1.165) is 31.5 Å². The van der Waals surface area contributed by atoms with Gasteiger partial charge in [0.25, 0.3) is 5.91 Å². The lowest BCUT2D eigenvalue weighted by Gasteiger charge is -2.19. The van der Waals surface area contributed by atoms with Crippen molar-refractivity contribution in [1.82, 2.24) is 15.5 Å². The minimum Gasteiger partial charge on any atom is -0.354 e. The number of carbonyl (C=O) groups excluding carboxylic acids is 3. The van der Waals surface area contributed by atoms with Crippen molar-refractivity contribution in [3.8, 4) is 0 Å². The Bertz CT molecular complexity index is 641. The molecule has 0 radical (unpaired) electrons. The van der Waals surface area contributed by atoms with E-state index in [4.69, 9.17) is 0 Å². The summed E-state index contributed by atoms with van der Waals surface area (Å²) in [5.74, 6) is -0.501. The highest BCUT2D eigenvalue weighted by molar-refractivity contribution is 5.96. The molecule has 0 aromatic heterocycles. The van der Waals surface area contributed by atoms with Crippen molar-refractivity contribution in [1.29, 1.82) is 0 Å². The van der Waals surface area contributed by atoms with Crippen LogP contribution in [-0.2, 0) is 15.0 Å². The van der Waals surface area contributed by atoms with Crippen LogP contribution in [0.25, 0.3) is 0 Å². The monoisotopic (exact) mass is 359 g/mol. The largest absolute Gasteiger partial charge is 0.354 e. The number of carbonyl (C=O) groups is 3. The summed E-state index contributed by atoms with van der Waals surface area (Å²) >= 11 is 0. The van der Waals surface area contributed by atoms with Crippen molar-refractivity contribution in [2.75, 3.05) is 26.2 Å². The van der Waals surface area contributed by atoms with Crippen LogP contribution in [0.3, 0.4) is 0 Å². The molecule has 26 heavy (non-hydrogen) atoms. The van der Waals surface area contributed by atoms with Crippen LogP contribution in [0.2, 0.25) is 0 Å². The Morgan fingerprint density at radius 3 is 2.19 bits per heavy atom. The number of likely N-dealkylation sites (tertiary alicyclic amines) is 1. The molecule has 0 atom stereocenters. The molecule has 0 spiro atoms. The van der Waals surface area contributed by atoms with Crippen LogP contribution in [-0.4, -0.2) is 48.8 Å². The lowest BCUT2D eigenvalue weighted by Crippen LogP contribution is -2.38. The van der Waals surface area contributed by atoms with E-state index in [0.29, 0.717) is 18.5 Å². The smallest absolute Gasteiger partial charge is 0.251 e. The summed E-state index contributed by atoms with van der Waals surface area (Å²) in [6, 6.07) is 7.39. The van der Waals surface area contributed by atoms with Gasteiger partial charge in [-0.05, 0) is 36.0 Å². The molecule has 3 amide bonds. The Labute approximate surface area is 155 Å². The number of rotatable bonds is 6. The molecule has 0 bridgehead atoms. The molecule has 1 heterocycles. The van der Waals surface area contributed by atoms with Crippen LogP contribution in [0.5, 0.6) is 0 Å². The van der Waals surface area contributed by atoms with Crippen LogP contribution in [0.1, 0.15) is 56.0 Å². The highest BCUT2D eigenvalue weighted by atomic mass is 16.2. The first-order valence-corrected chi connectivity index (χ1v) is 9.20. The summed E-state index contributed by atoms with van der Waals surface area (Å²) in [4.78, 5) is 37.6. The van der Waals surface area contributed by atoms with Crippen molar-refractivity contribution in [3.63, 3.8) is 0 Å². The molecule has 142 valence electrons. The predicted molar refractivity (Wildman–Crippen MR) is 101 cm³/mol. The van der Waals surface area contributed by atoms with Crippen LogP contribution >= 0.6 is 0 Å². The Morgan fingerprint density at radius 2 is 1.62 bits per heavy atom. The average Bonchev–Trinajstić information content (AvgIpc) is 3.13. The SMILES string of the molecule is CC(C)(C)c1ccc(C(=O)NCC(=O)NCCC(=O)N2CCCC2)cc1. The molecule has 0 saturated carbocycles. The standard InChI is InChI=1S/C20H29N3O3/c1-20(2,3)16-8-6-15(7-9-16)19(26)22-14-17(24)21-11-10-18(25)23-12-4-5-13-23/h6-9H,4-5,10-14H2,1-3H3,(H,21,24)(H,22,26). The van der Waals surface area contributed by atoms with E-state index in [-0.39, 0.29) is 29.7 Å².